The molecule has 0 unspecified atom stereocenters. The molecule has 1 aliphatic heterocycles. The van der Waals surface area contributed by atoms with Crippen molar-refractivity contribution in [3.05, 3.63) is 35.4 Å². The molecule has 1 aromatic carbocycles. The molecular formula is C17H23NO3. The molecule has 0 atom stereocenters. The molecule has 1 amide bonds. The zero-order valence-electron chi connectivity index (χ0n) is 12.5. The second kappa shape index (κ2) is 7.25. The lowest BCUT2D eigenvalue weighted by Crippen LogP contribution is -2.40. The van der Waals surface area contributed by atoms with E-state index in [2.05, 4.69) is 6.92 Å². The fraction of sp³-hybridized carbons (Fsp3) is 0.529. The predicted octanol–water partition coefficient (Wildman–Crippen LogP) is 2.97. The van der Waals surface area contributed by atoms with E-state index >= 15 is 0 Å². The molecule has 1 saturated heterocycles. The van der Waals surface area contributed by atoms with Crippen molar-refractivity contribution in [1.29, 1.82) is 0 Å². The standard InChI is InChI=1S/C17H23NO3/c1-2-3-4-13-5-7-14(8-6-13)16(19)18-11-9-15(10-12-18)17(20)21/h5-8,15H,2-4,9-12H2,1H3,(H,20,21). The van der Waals surface area contributed by atoms with Crippen LogP contribution in [0.25, 0.3) is 0 Å². The molecule has 1 fully saturated rings. The van der Waals surface area contributed by atoms with Crippen molar-refractivity contribution in [3.8, 4) is 0 Å². The number of amides is 1. The number of unbranched alkanes of at least 4 members (excludes halogenated alkanes) is 1. The number of carboxylic acids is 1. The number of aryl methyl sites for hydroxylation is 1. The molecule has 0 aromatic heterocycles. The first-order chi connectivity index (χ1) is 10.1. The Morgan fingerprint density at radius 2 is 1.81 bits per heavy atom. The highest BCUT2D eigenvalue weighted by Gasteiger charge is 2.27. The van der Waals surface area contributed by atoms with E-state index in [9.17, 15) is 9.59 Å². The quantitative estimate of drug-likeness (QED) is 0.906. The smallest absolute Gasteiger partial charge is 0.306 e. The van der Waals surface area contributed by atoms with Crippen molar-refractivity contribution >= 4 is 11.9 Å². The van der Waals surface area contributed by atoms with Gasteiger partial charge >= 0.3 is 5.97 Å². The predicted molar refractivity (Wildman–Crippen MR) is 81.3 cm³/mol. The maximum Gasteiger partial charge on any atom is 0.306 e. The molecule has 114 valence electrons. The summed E-state index contributed by atoms with van der Waals surface area (Å²) in [5, 5.41) is 8.98. The highest BCUT2D eigenvalue weighted by atomic mass is 16.4. The highest BCUT2D eigenvalue weighted by Crippen LogP contribution is 2.19. The van der Waals surface area contributed by atoms with Crippen LogP contribution in [-0.4, -0.2) is 35.0 Å². The van der Waals surface area contributed by atoms with Crippen molar-refractivity contribution in [2.75, 3.05) is 13.1 Å². The van der Waals surface area contributed by atoms with E-state index in [1.165, 1.54) is 12.0 Å². The van der Waals surface area contributed by atoms with Gasteiger partial charge in [0.1, 0.15) is 0 Å². The lowest BCUT2D eigenvalue weighted by Gasteiger charge is -2.30. The van der Waals surface area contributed by atoms with Gasteiger partial charge in [0.15, 0.2) is 0 Å². The highest BCUT2D eigenvalue weighted by molar-refractivity contribution is 5.94. The maximum absolute atomic E-state index is 12.4. The molecule has 21 heavy (non-hydrogen) atoms. The van der Waals surface area contributed by atoms with Crippen LogP contribution in [-0.2, 0) is 11.2 Å². The molecule has 1 N–H and O–H groups in total. The minimum absolute atomic E-state index is 0.0147. The largest absolute Gasteiger partial charge is 0.481 e. The van der Waals surface area contributed by atoms with Crippen molar-refractivity contribution in [2.45, 2.75) is 39.0 Å². The van der Waals surface area contributed by atoms with Gasteiger partial charge in [-0.15, -0.1) is 0 Å². The van der Waals surface area contributed by atoms with Crippen molar-refractivity contribution in [1.82, 2.24) is 4.90 Å². The number of hydrogen-bond donors (Lipinski definition) is 1. The number of nitrogens with zero attached hydrogens (tertiary/aromatic N) is 1. The van der Waals surface area contributed by atoms with Gasteiger partial charge in [0.05, 0.1) is 5.92 Å². The Hall–Kier alpha value is -1.84. The van der Waals surface area contributed by atoms with Crippen LogP contribution >= 0.6 is 0 Å². The molecule has 0 saturated carbocycles. The van der Waals surface area contributed by atoms with Gasteiger partial charge in [-0.3, -0.25) is 9.59 Å². The Morgan fingerprint density at radius 1 is 1.19 bits per heavy atom. The van der Waals surface area contributed by atoms with E-state index < -0.39 is 5.97 Å². The SMILES string of the molecule is CCCCc1ccc(C(=O)N2CCC(C(=O)O)CC2)cc1. The van der Waals surface area contributed by atoms with Crippen LogP contribution in [0, 0.1) is 5.92 Å². The molecule has 1 aromatic rings. The number of carbonyl (C=O) groups excluding carboxylic acids is 1. The molecule has 0 radical (unpaired) electrons. The van der Waals surface area contributed by atoms with E-state index in [0.29, 0.717) is 31.5 Å². The zero-order valence-corrected chi connectivity index (χ0v) is 12.5. The van der Waals surface area contributed by atoms with E-state index in [1.807, 2.05) is 24.3 Å². The van der Waals surface area contributed by atoms with Crippen molar-refractivity contribution in [2.24, 2.45) is 5.92 Å². The van der Waals surface area contributed by atoms with Crippen LogP contribution in [0.1, 0.15) is 48.5 Å². The molecule has 2 rings (SSSR count). The van der Waals surface area contributed by atoms with Gasteiger partial charge in [0.25, 0.3) is 5.91 Å². The summed E-state index contributed by atoms with van der Waals surface area (Å²) in [7, 11) is 0. The van der Waals surface area contributed by atoms with E-state index in [-0.39, 0.29) is 11.8 Å². The molecule has 4 nitrogen and oxygen atoms in total. The molecule has 0 spiro atoms. The first kappa shape index (κ1) is 15.5. The number of likely N-dealkylation sites (tertiary alicyclic amines) is 1. The summed E-state index contributed by atoms with van der Waals surface area (Å²) < 4.78 is 0. The summed E-state index contributed by atoms with van der Waals surface area (Å²) in [6.45, 7) is 3.24. The summed E-state index contributed by atoms with van der Waals surface area (Å²) >= 11 is 0. The summed E-state index contributed by atoms with van der Waals surface area (Å²) in [5.41, 5.74) is 1.96. The fourth-order valence-electron chi connectivity index (χ4n) is 2.71. The molecule has 0 bridgehead atoms. The summed E-state index contributed by atoms with van der Waals surface area (Å²) in [6.07, 6.45) is 4.48. The Kier molecular flexibility index (Phi) is 5.37. The third-order valence-corrected chi connectivity index (χ3v) is 4.15. The van der Waals surface area contributed by atoms with Crippen molar-refractivity contribution < 1.29 is 14.7 Å². The number of piperidine rings is 1. The number of hydrogen-bond acceptors (Lipinski definition) is 2. The molecule has 1 heterocycles. The average Bonchev–Trinajstić information content (AvgIpc) is 2.53. The number of aliphatic carboxylic acids is 1. The number of benzene rings is 1. The van der Waals surface area contributed by atoms with Crippen LogP contribution in [0.15, 0.2) is 24.3 Å². The number of carboxylic acid groups (broad SMARTS) is 1. The summed E-state index contributed by atoms with van der Waals surface area (Å²) in [6, 6.07) is 7.81. The third kappa shape index (κ3) is 4.06. The van der Waals surface area contributed by atoms with Crippen LogP contribution in [0.5, 0.6) is 0 Å². The molecule has 0 aliphatic carbocycles. The normalized spacial score (nSPS) is 16.0. The van der Waals surface area contributed by atoms with Crippen molar-refractivity contribution in [3.63, 3.8) is 0 Å². The van der Waals surface area contributed by atoms with Gasteiger partial charge in [-0.25, -0.2) is 0 Å². The third-order valence-electron chi connectivity index (χ3n) is 4.15. The maximum atomic E-state index is 12.4. The second-order valence-electron chi connectivity index (χ2n) is 5.71. The fourth-order valence-corrected chi connectivity index (χ4v) is 2.71. The zero-order chi connectivity index (χ0) is 15.2. The van der Waals surface area contributed by atoms with Gasteiger partial charge in [-0.1, -0.05) is 25.5 Å². The summed E-state index contributed by atoms with van der Waals surface area (Å²) in [4.78, 5) is 25.1. The summed E-state index contributed by atoms with van der Waals surface area (Å²) in [5.74, 6) is -1.03. The lowest BCUT2D eigenvalue weighted by molar-refractivity contribution is -0.143. The van der Waals surface area contributed by atoms with Gasteiger partial charge in [0, 0.05) is 18.7 Å². The lowest BCUT2D eigenvalue weighted by atomic mass is 9.96. The van der Waals surface area contributed by atoms with Crippen LogP contribution in [0.4, 0.5) is 0 Å². The molecule has 1 aliphatic rings. The van der Waals surface area contributed by atoms with E-state index in [1.54, 1.807) is 4.90 Å². The van der Waals surface area contributed by atoms with Gasteiger partial charge in [-0.2, -0.15) is 0 Å². The number of rotatable bonds is 5. The van der Waals surface area contributed by atoms with Crippen LogP contribution in [0.2, 0.25) is 0 Å². The van der Waals surface area contributed by atoms with Crippen LogP contribution < -0.4 is 0 Å². The Bertz CT molecular complexity index is 487. The van der Waals surface area contributed by atoms with Gasteiger partial charge in [-0.05, 0) is 43.4 Å². The molecule has 4 heteroatoms. The van der Waals surface area contributed by atoms with E-state index in [0.717, 1.165) is 12.8 Å². The minimum atomic E-state index is -0.748. The monoisotopic (exact) mass is 289 g/mol. The number of carbonyl (C=O) groups is 2. The Labute approximate surface area is 125 Å². The second-order valence-corrected chi connectivity index (χ2v) is 5.71. The van der Waals surface area contributed by atoms with Crippen LogP contribution in [0.3, 0.4) is 0 Å². The van der Waals surface area contributed by atoms with E-state index in [4.69, 9.17) is 5.11 Å². The Morgan fingerprint density at radius 3 is 2.33 bits per heavy atom. The average molecular weight is 289 g/mol. The van der Waals surface area contributed by atoms with Gasteiger partial charge < -0.3 is 10.0 Å². The first-order valence-electron chi connectivity index (χ1n) is 7.73. The minimum Gasteiger partial charge on any atom is -0.481 e. The van der Waals surface area contributed by atoms with Gasteiger partial charge in [0.2, 0.25) is 0 Å². The first-order valence-corrected chi connectivity index (χ1v) is 7.73. The molecular weight excluding hydrogens is 266 g/mol. The Balaban J connectivity index is 1.93. The topological polar surface area (TPSA) is 57.6 Å².